The fraction of sp³-hybridized carbons (Fsp3) is 0.318. The molecule has 1 aromatic heterocycles. The third-order valence-electron chi connectivity index (χ3n) is 5.13. The molecule has 1 amide bonds. The zero-order valence-electron chi connectivity index (χ0n) is 17.2. The average molecular weight is 457 g/mol. The molecule has 0 saturated carbocycles. The largest absolute Gasteiger partial charge is 0.370 e. The molecular formula is C22H24N4O3S2. The van der Waals surface area contributed by atoms with Crippen LogP contribution in [-0.2, 0) is 14.6 Å². The number of nitrogens with zero attached hydrogens (tertiary/aromatic N) is 3. The number of hydrogen-bond donors (Lipinski definition) is 1. The van der Waals surface area contributed by atoms with Crippen LogP contribution >= 0.6 is 11.8 Å². The highest BCUT2D eigenvalue weighted by atomic mass is 32.2. The molecule has 1 aliphatic heterocycles. The Morgan fingerprint density at radius 3 is 2.58 bits per heavy atom. The molecule has 31 heavy (non-hydrogen) atoms. The highest BCUT2D eigenvalue weighted by molar-refractivity contribution is 7.99. The van der Waals surface area contributed by atoms with E-state index in [4.69, 9.17) is 0 Å². The Kier molecular flexibility index (Phi) is 6.43. The number of thioether (sulfide) groups is 1. The first-order chi connectivity index (χ1) is 15.0. The SMILES string of the molecule is CCNc1nc(SCC(=O)N(c2ccccc2)C2CCS(=O)(=O)C2)nc2ccccc12. The minimum Gasteiger partial charge on any atom is -0.370 e. The summed E-state index contributed by atoms with van der Waals surface area (Å²) in [5.41, 5.74) is 1.52. The van der Waals surface area contributed by atoms with Crippen LogP contribution in [0.1, 0.15) is 13.3 Å². The van der Waals surface area contributed by atoms with Gasteiger partial charge in [-0.2, -0.15) is 0 Å². The molecule has 1 atom stereocenters. The number of nitrogens with one attached hydrogen (secondary N) is 1. The number of carbonyl (C=O) groups excluding carboxylic acids is 1. The molecule has 1 saturated heterocycles. The first kappa shape index (κ1) is 21.6. The number of aromatic nitrogens is 2. The second kappa shape index (κ2) is 9.23. The summed E-state index contributed by atoms with van der Waals surface area (Å²) >= 11 is 1.26. The number of benzene rings is 2. The lowest BCUT2D eigenvalue weighted by atomic mass is 10.2. The van der Waals surface area contributed by atoms with E-state index in [1.54, 1.807) is 4.90 Å². The number of rotatable bonds is 7. The van der Waals surface area contributed by atoms with E-state index in [1.807, 2.05) is 61.5 Å². The Hall–Kier alpha value is -2.65. The smallest absolute Gasteiger partial charge is 0.237 e. The van der Waals surface area contributed by atoms with E-state index in [0.717, 1.165) is 23.3 Å². The average Bonchev–Trinajstić information content (AvgIpc) is 3.12. The quantitative estimate of drug-likeness (QED) is 0.430. The fourth-order valence-electron chi connectivity index (χ4n) is 3.74. The van der Waals surface area contributed by atoms with Crippen LogP contribution in [-0.4, -0.2) is 54.1 Å². The van der Waals surface area contributed by atoms with Gasteiger partial charge in [-0.3, -0.25) is 4.79 Å². The van der Waals surface area contributed by atoms with E-state index in [0.29, 0.717) is 17.3 Å². The van der Waals surface area contributed by atoms with Gasteiger partial charge in [0.2, 0.25) is 5.91 Å². The van der Waals surface area contributed by atoms with E-state index < -0.39 is 9.84 Å². The molecule has 0 bridgehead atoms. The van der Waals surface area contributed by atoms with Crippen molar-refractivity contribution in [3.63, 3.8) is 0 Å². The molecule has 1 unspecified atom stereocenters. The summed E-state index contributed by atoms with van der Waals surface area (Å²) in [5, 5.41) is 4.70. The Balaban J connectivity index is 1.57. The summed E-state index contributed by atoms with van der Waals surface area (Å²) in [6.07, 6.45) is 0.449. The summed E-state index contributed by atoms with van der Waals surface area (Å²) in [7, 11) is -3.12. The van der Waals surface area contributed by atoms with Crippen molar-refractivity contribution in [1.82, 2.24) is 9.97 Å². The van der Waals surface area contributed by atoms with Crippen molar-refractivity contribution in [2.45, 2.75) is 24.5 Å². The predicted molar refractivity (Wildman–Crippen MR) is 125 cm³/mol. The second-order valence-electron chi connectivity index (χ2n) is 7.35. The van der Waals surface area contributed by atoms with Crippen molar-refractivity contribution in [3.05, 3.63) is 54.6 Å². The van der Waals surface area contributed by atoms with Gasteiger partial charge in [-0.1, -0.05) is 42.1 Å². The molecule has 0 aliphatic carbocycles. The summed E-state index contributed by atoms with van der Waals surface area (Å²) in [5.74, 6) is 0.816. The molecule has 2 aromatic carbocycles. The standard InChI is InChI=1S/C22H24N4O3S2/c1-2-23-21-18-10-6-7-11-19(18)24-22(25-21)30-14-20(27)26(16-8-4-3-5-9-16)17-12-13-31(28,29)15-17/h3-11,17H,2,12-15H2,1H3,(H,23,24,25). The van der Waals surface area contributed by atoms with Crippen molar-refractivity contribution in [1.29, 1.82) is 0 Å². The van der Waals surface area contributed by atoms with Gasteiger partial charge >= 0.3 is 0 Å². The number of carbonyl (C=O) groups is 1. The highest BCUT2D eigenvalue weighted by Gasteiger charge is 2.35. The Morgan fingerprint density at radius 1 is 1.13 bits per heavy atom. The molecule has 1 aliphatic rings. The van der Waals surface area contributed by atoms with Gasteiger partial charge in [0.15, 0.2) is 15.0 Å². The third kappa shape index (κ3) is 4.99. The van der Waals surface area contributed by atoms with Gasteiger partial charge in [0, 0.05) is 17.6 Å². The number of sulfone groups is 1. The highest BCUT2D eigenvalue weighted by Crippen LogP contribution is 2.28. The number of fused-ring (bicyclic) bond motifs is 1. The van der Waals surface area contributed by atoms with Crippen molar-refractivity contribution in [3.8, 4) is 0 Å². The van der Waals surface area contributed by atoms with Crippen LogP contribution in [0.5, 0.6) is 0 Å². The number of anilines is 2. The minimum absolute atomic E-state index is 0.00462. The van der Waals surface area contributed by atoms with Gasteiger partial charge in [-0.05, 0) is 37.6 Å². The predicted octanol–water partition coefficient (Wildman–Crippen LogP) is 3.37. The molecule has 3 aromatic rings. The molecule has 9 heteroatoms. The van der Waals surface area contributed by atoms with Gasteiger partial charge in [0.1, 0.15) is 5.82 Å². The second-order valence-corrected chi connectivity index (χ2v) is 10.5. The molecule has 4 rings (SSSR count). The lowest BCUT2D eigenvalue weighted by Gasteiger charge is -2.28. The lowest BCUT2D eigenvalue weighted by molar-refractivity contribution is -0.116. The van der Waals surface area contributed by atoms with Crippen molar-refractivity contribution >= 4 is 49.9 Å². The molecule has 0 radical (unpaired) electrons. The van der Waals surface area contributed by atoms with Gasteiger partial charge < -0.3 is 10.2 Å². The zero-order chi connectivity index (χ0) is 21.8. The fourth-order valence-corrected chi connectivity index (χ4v) is 6.15. The van der Waals surface area contributed by atoms with Crippen LogP contribution in [0.2, 0.25) is 0 Å². The van der Waals surface area contributed by atoms with Crippen molar-refractivity contribution < 1.29 is 13.2 Å². The minimum atomic E-state index is -3.12. The summed E-state index contributed by atoms with van der Waals surface area (Å²) < 4.78 is 24.1. The van der Waals surface area contributed by atoms with E-state index in [1.165, 1.54) is 11.8 Å². The lowest BCUT2D eigenvalue weighted by Crippen LogP contribution is -2.42. The van der Waals surface area contributed by atoms with Crippen LogP contribution in [0.15, 0.2) is 59.8 Å². The molecule has 2 heterocycles. The van der Waals surface area contributed by atoms with Gasteiger partial charge in [-0.25, -0.2) is 18.4 Å². The van der Waals surface area contributed by atoms with Gasteiger partial charge in [0.05, 0.1) is 28.8 Å². The Labute approximate surface area is 186 Å². The van der Waals surface area contributed by atoms with E-state index in [2.05, 4.69) is 15.3 Å². The van der Waals surface area contributed by atoms with Crippen LogP contribution in [0.4, 0.5) is 11.5 Å². The van der Waals surface area contributed by atoms with Crippen molar-refractivity contribution in [2.24, 2.45) is 0 Å². The van der Waals surface area contributed by atoms with Crippen molar-refractivity contribution in [2.75, 3.05) is 34.0 Å². The van der Waals surface area contributed by atoms with Gasteiger partial charge in [-0.15, -0.1) is 0 Å². The maximum absolute atomic E-state index is 13.2. The maximum atomic E-state index is 13.2. The molecular weight excluding hydrogens is 432 g/mol. The first-order valence-electron chi connectivity index (χ1n) is 10.2. The maximum Gasteiger partial charge on any atom is 0.237 e. The third-order valence-corrected chi connectivity index (χ3v) is 7.71. The van der Waals surface area contributed by atoms with Crippen LogP contribution < -0.4 is 10.2 Å². The number of hydrogen-bond acceptors (Lipinski definition) is 7. The molecule has 162 valence electrons. The Morgan fingerprint density at radius 2 is 1.87 bits per heavy atom. The van der Waals surface area contributed by atoms with Crippen LogP contribution in [0.25, 0.3) is 10.9 Å². The Bertz CT molecular complexity index is 1190. The first-order valence-corrected chi connectivity index (χ1v) is 13.0. The number of amides is 1. The zero-order valence-corrected chi connectivity index (χ0v) is 18.8. The van der Waals surface area contributed by atoms with E-state index in [9.17, 15) is 13.2 Å². The van der Waals surface area contributed by atoms with Crippen LogP contribution in [0, 0.1) is 0 Å². The van der Waals surface area contributed by atoms with E-state index in [-0.39, 0.29) is 29.2 Å². The summed E-state index contributed by atoms with van der Waals surface area (Å²) in [6.45, 7) is 2.72. The molecule has 0 spiro atoms. The number of para-hydroxylation sites is 2. The summed E-state index contributed by atoms with van der Waals surface area (Å²) in [4.78, 5) is 24.0. The summed E-state index contributed by atoms with van der Waals surface area (Å²) in [6, 6.07) is 16.6. The monoisotopic (exact) mass is 456 g/mol. The topological polar surface area (TPSA) is 92.3 Å². The van der Waals surface area contributed by atoms with E-state index >= 15 is 0 Å². The molecule has 1 fully saturated rings. The van der Waals surface area contributed by atoms with Gasteiger partial charge in [0.25, 0.3) is 0 Å². The molecule has 7 nitrogen and oxygen atoms in total. The molecule has 1 N–H and O–H groups in total. The normalized spacial score (nSPS) is 17.5. The van der Waals surface area contributed by atoms with Crippen LogP contribution in [0.3, 0.4) is 0 Å².